The molecule has 0 aliphatic heterocycles. The van der Waals surface area contributed by atoms with E-state index in [1.165, 1.54) is 12.3 Å². The summed E-state index contributed by atoms with van der Waals surface area (Å²) in [5.74, 6) is -1.33. The molecular formula is C25H16F4N2O2. The van der Waals surface area contributed by atoms with Crippen LogP contribution in [0.3, 0.4) is 0 Å². The van der Waals surface area contributed by atoms with Crippen molar-refractivity contribution in [1.82, 2.24) is 4.57 Å². The number of rotatable bonds is 4. The van der Waals surface area contributed by atoms with Crippen LogP contribution in [0.2, 0.25) is 0 Å². The molecule has 33 heavy (non-hydrogen) atoms. The fourth-order valence-corrected chi connectivity index (χ4v) is 4.19. The number of primary amides is 1. The van der Waals surface area contributed by atoms with Crippen molar-refractivity contribution in [1.29, 1.82) is 0 Å². The number of hydrogen-bond acceptors (Lipinski definition) is 2. The lowest BCUT2D eigenvalue weighted by molar-refractivity contribution is -0.140. The van der Waals surface area contributed by atoms with Gasteiger partial charge in [-0.3, -0.25) is 4.79 Å². The van der Waals surface area contributed by atoms with E-state index in [4.69, 9.17) is 10.2 Å². The van der Waals surface area contributed by atoms with Crippen molar-refractivity contribution in [3.63, 3.8) is 0 Å². The van der Waals surface area contributed by atoms with E-state index in [0.717, 1.165) is 17.7 Å². The number of alkyl halides is 3. The Balaban J connectivity index is 1.77. The molecule has 5 aromatic rings. The molecule has 8 heteroatoms. The highest BCUT2D eigenvalue weighted by molar-refractivity contribution is 6.18. The van der Waals surface area contributed by atoms with Crippen molar-refractivity contribution in [2.75, 3.05) is 0 Å². The maximum absolute atomic E-state index is 13.8. The molecule has 0 saturated heterocycles. The number of carbonyl (C=O) groups is 1. The third kappa shape index (κ3) is 3.53. The van der Waals surface area contributed by atoms with Crippen LogP contribution in [-0.2, 0) is 12.7 Å². The number of benzene rings is 3. The van der Waals surface area contributed by atoms with Gasteiger partial charge in [-0.1, -0.05) is 24.3 Å². The lowest BCUT2D eigenvalue weighted by Gasteiger charge is -2.12. The van der Waals surface area contributed by atoms with Crippen molar-refractivity contribution in [3.05, 3.63) is 95.5 Å². The molecule has 0 saturated carbocycles. The topological polar surface area (TPSA) is 61.2 Å². The van der Waals surface area contributed by atoms with Crippen molar-refractivity contribution < 1.29 is 26.8 Å². The molecule has 0 unspecified atom stereocenters. The fourth-order valence-electron chi connectivity index (χ4n) is 4.19. The third-order valence-electron chi connectivity index (χ3n) is 5.64. The molecule has 4 nitrogen and oxygen atoms in total. The highest BCUT2D eigenvalue weighted by Crippen LogP contribution is 2.36. The summed E-state index contributed by atoms with van der Waals surface area (Å²) in [6, 6.07) is 17.0. The highest BCUT2D eigenvalue weighted by Gasteiger charge is 2.34. The monoisotopic (exact) mass is 452 g/mol. The lowest BCUT2D eigenvalue weighted by Crippen LogP contribution is -2.11. The molecule has 3 aromatic carbocycles. The van der Waals surface area contributed by atoms with Crippen LogP contribution in [0.1, 0.15) is 21.5 Å². The average molecular weight is 452 g/mol. The maximum atomic E-state index is 13.8. The number of halogens is 4. The van der Waals surface area contributed by atoms with E-state index in [9.17, 15) is 22.4 Å². The van der Waals surface area contributed by atoms with Gasteiger partial charge >= 0.3 is 6.18 Å². The molecule has 0 aliphatic carbocycles. The number of aromatic nitrogens is 1. The minimum absolute atomic E-state index is 0.0210. The van der Waals surface area contributed by atoms with Gasteiger partial charge in [0.25, 0.3) is 0 Å². The zero-order valence-corrected chi connectivity index (χ0v) is 17.0. The van der Waals surface area contributed by atoms with Crippen LogP contribution in [-0.4, -0.2) is 10.5 Å². The van der Waals surface area contributed by atoms with Crippen LogP contribution < -0.4 is 5.73 Å². The van der Waals surface area contributed by atoms with Crippen molar-refractivity contribution >= 4 is 27.7 Å². The molecule has 0 radical (unpaired) electrons. The van der Waals surface area contributed by atoms with Gasteiger partial charge in [-0.2, -0.15) is 13.2 Å². The van der Waals surface area contributed by atoms with Gasteiger partial charge in [0, 0.05) is 28.4 Å². The van der Waals surface area contributed by atoms with E-state index in [2.05, 4.69) is 0 Å². The number of nitrogens with zero attached hydrogens (tertiary/aromatic N) is 1. The first-order chi connectivity index (χ1) is 15.7. The number of carbonyl (C=O) groups excluding carboxylic acids is 1. The van der Waals surface area contributed by atoms with Gasteiger partial charge in [0.2, 0.25) is 5.91 Å². The van der Waals surface area contributed by atoms with Gasteiger partial charge in [-0.05, 0) is 48.0 Å². The Kier molecular flexibility index (Phi) is 4.74. The van der Waals surface area contributed by atoms with Gasteiger partial charge in [-0.15, -0.1) is 0 Å². The number of furan rings is 1. The Morgan fingerprint density at radius 3 is 2.48 bits per heavy atom. The summed E-state index contributed by atoms with van der Waals surface area (Å²) in [4.78, 5) is 12.1. The average Bonchev–Trinajstić information content (AvgIpc) is 3.41. The summed E-state index contributed by atoms with van der Waals surface area (Å²) >= 11 is 0. The van der Waals surface area contributed by atoms with Crippen molar-refractivity contribution in [3.8, 4) is 11.3 Å². The molecule has 5 rings (SSSR count). The van der Waals surface area contributed by atoms with E-state index in [1.807, 2.05) is 18.2 Å². The molecule has 1 amide bonds. The van der Waals surface area contributed by atoms with E-state index in [1.54, 1.807) is 34.9 Å². The fraction of sp³-hybridized carbons (Fsp3) is 0.0800. The molecule has 2 N–H and O–H groups in total. The van der Waals surface area contributed by atoms with Gasteiger partial charge in [0.05, 0.1) is 22.9 Å². The van der Waals surface area contributed by atoms with Crippen LogP contribution in [0.5, 0.6) is 0 Å². The van der Waals surface area contributed by atoms with Gasteiger partial charge < -0.3 is 14.7 Å². The molecule has 0 bridgehead atoms. The van der Waals surface area contributed by atoms with Crippen LogP contribution in [0.25, 0.3) is 33.1 Å². The van der Waals surface area contributed by atoms with Crippen LogP contribution in [0.4, 0.5) is 17.6 Å². The normalized spacial score (nSPS) is 12.0. The van der Waals surface area contributed by atoms with Gasteiger partial charge in [0.1, 0.15) is 11.6 Å². The van der Waals surface area contributed by atoms with E-state index in [-0.39, 0.29) is 12.1 Å². The second-order valence-electron chi connectivity index (χ2n) is 7.67. The summed E-state index contributed by atoms with van der Waals surface area (Å²) in [6.45, 7) is 0.0210. The van der Waals surface area contributed by atoms with E-state index < -0.39 is 23.5 Å². The minimum atomic E-state index is -4.81. The standard InChI is InChI=1S/C25H16F4N2O2/c26-19-9-6-14(11-18(19)25(27,28)29)13-31-20-4-1-3-17(24(30)32)23(20)16-8-7-15(12-21(16)31)22-5-2-10-33-22/h1-12H,13H2,(H2,30,32). The second-order valence-corrected chi connectivity index (χ2v) is 7.67. The number of fused-ring (bicyclic) bond motifs is 3. The van der Waals surface area contributed by atoms with Crippen LogP contribution in [0, 0.1) is 5.82 Å². The molecular weight excluding hydrogens is 436 g/mol. The van der Waals surface area contributed by atoms with Gasteiger partial charge in [0.15, 0.2) is 0 Å². The summed E-state index contributed by atoms with van der Waals surface area (Å²) in [6.07, 6.45) is -3.27. The van der Waals surface area contributed by atoms with Gasteiger partial charge in [-0.25, -0.2) is 4.39 Å². The predicted molar refractivity (Wildman–Crippen MR) is 116 cm³/mol. The number of amides is 1. The molecule has 0 aliphatic rings. The molecule has 0 spiro atoms. The Labute approximate surface area is 184 Å². The molecule has 2 aromatic heterocycles. The van der Waals surface area contributed by atoms with Crippen molar-refractivity contribution in [2.45, 2.75) is 12.7 Å². The van der Waals surface area contributed by atoms with Crippen molar-refractivity contribution in [2.24, 2.45) is 5.73 Å². The molecule has 0 atom stereocenters. The smallest absolute Gasteiger partial charge is 0.419 e. The zero-order valence-electron chi connectivity index (χ0n) is 17.0. The van der Waals surface area contributed by atoms with E-state index in [0.29, 0.717) is 33.1 Å². The number of nitrogens with two attached hydrogens (primary N) is 1. The first-order valence-electron chi connectivity index (χ1n) is 9.98. The Bertz CT molecular complexity index is 1520. The second kappa shape index (κ2) is 7.51. The van der Waals surface area contributed by atoms with Crippen LogP contribution in [0.15, 0.2) is 77.4 Å². The Morgan fingerprint density at radius 1 is 0.970 bits per heavy atom. The first kappa shape index (κ1) is 20.8. The molecule has 166 valence electrons. The highest BCUT2D eigenvalue weighted by atomic mass is 19.4. The molecule has 0 fully saturated rings. The largest absolute Gasteiger partial charge is 0.464 e. The Morgan fingerprint density at radius 2 is 1.79 bits per heavy atom. The predicted octanol–water partition coefficient (Wildman–Crippen LogP) is 6.36. The molecule has 2 heterocycles. The van der Waals surface area contributed by atoms with E-state index >= 15 is 0 Å². The quantitative estimate of drug-likeness (QED) is 0.323. The third-order valence-corrected chi connectivity index (χ3v) is 5.64. The summed E-state index contributed by atoms with van der Waals surface area (Å²) in [7, 11) is 0. The summed E-state index contributed by atoms with van der Waals surface area (Å²) in [5, 5.41) is 1.32. The lowest BCUT2D eigenvalue weighted by atomic mass is 10.0. The first-order valence-corrected chi connectivity index (χ1v) is 9.98. The SMILES string of the molecule is NC(=O)c1cccc2c1c1ccc(-c3ccco3)cc1n2Cc1ccc(F)c(C(F)(F)F)c1. The summed E-state index contributed by atoms with van der Waals surface area (Å²) < 4.78 is 60.9. The number of hydrogen-bond donors (Lipinski definition) is 1. The van der Waals surface area contributed by atoms with Crippen LogP contribution >= 0.6 is 0 Å². The summed E-state index contributed by atoms with van der Waals surface area (Å²) in [5.41, 5.74) is 6.88. The maximum Gasteiger partial charge on any atom is 0.419 e. The zero-order chi connectivity index (χ0) is 23.3. The minimum Gasteiger partial charge on any atom is -0.464 e. The Hall–Kier alpha value is -4.07.